The number of benzene rings is 1. The van der Waals surface area contributed by atoms with Gasteiger partial charge in [0, 0.05) is 61.8 Å². The first-order chi connectivity index (χ1) is 36.5. The lowest BCUT2D eigenvalue weighted by Crippen LogP contribution is -2.71. The molecule has 4 aliphatic rings. The second-order valence-corrected chi connectivity index (χ2v) is 23.0. The SMILES string of the molecule is CCC1CC(C)C2(NC1=O)OC(CC(O)C(C)CCC=CC=C(C)C1CC=CC=CC(O)C(C)C(O)C(CCC(C)=O)C(=O)NC(C(C)C)C(=O)NC(Cc3ccccc3)C(=O)N3CCCC(N3)C(=O)O1)C(C)C(O)C2C. The van der Waals surface area contributed by atoms with Crippen molar-refractivity contribution in [3.63, 3.8) is 0 Å². The van der Waals surface area contributed by atoms with Gasteiger partial charge in [-0.1, -0.05) is 128 Å². The van der Waals surface area contributed by atoms with E-state index in [1.807, 2.05) is 83.2 Å². The summed E-state index contributed by atoms with van der Waals surface area (Å²) in [5.41, 5.74) is 3.57. The van der Waals surface area contributed by atoms with Crippen LogP contribution >= 0.6 is 0 Å². The summed E-state index contributed by atoms with van der Waals surface area (Å²) in [5, 5.41) is 55.9. The molecule has 8 N–H and O–H groups in total. The number of hydrogen-bond acceptors (Lipinski definition) is 13. The fourth-order valence-corrected chi connectivity index (χ4v) is 11.3. The van der Waals surface area contributed by atoms with Gasteiger partial charge in [-0.3, -0.25) is 29.0 Å². The number of allylic oxidation sites excluding steroid dienone is 5. The molecule has 17 atom stereocenters. The molecule has 17 nitrogen and oxygen atoms in total. The summed E-state index contributed by atoms with van der Waals surface area (Å²) < 4.78 is 12.9. The van der Waals surface area contributed by atoms with Gasteiger partial charge in [0.15, 0.2) is 0 Å². The summed E-state index contributed by atoms with van der Waals surface area (Å²) in [7, 11) is 0. The third kappa shape index (κ3) is 16.7. The first kappa shape index (κ1) is 62.8. The number of piperidine rings is 1. The van der Waals surface area contributed by atoms with Crippen LogP contribution in [0.25, 0.3) is 0 Å². The molecule has 428 valence electrons. The van der Waals surface area contributed by atoms with E-state index < -0.39 is 102 Å². The quantitative estimate of drug-likeness (QED) is 0.0776. The Hall–Kier alpha value is -5.04. The zero-order chi connectivity index (χ0) is 56.7. The van der Waals surface area contributed by atoms with Gasteiger partial charge in [-0.25, -0.2) is 5.43 Å². The molecule has 77 heavy (non-hydrogen) atoms. The summed E-state index contributed by atoms with van der Waals surface area (Å²) in [4.78, 5) is 82.1. The highest BCUT2D eigenvalue weighted by Crippen LogP contribution is 2.46. The van der Waals surface area contributed by atoms with Gasteiger partial charge in [-0.2, -0.15) is 0 Å². The molecule has 1 aromatic carbocycles. The molecule has 5 rings (SSSR count). The highest BCUT2D eigenvalue weighted by Gasteiger charge is 2.57. The Morgan fingerprint density at radius 2 is 1.64 bits per heavy atom. The minimum absolute atomic E-state index is 0.0159. The van der Waals surface area contributed by atoms with Crippen LogP contribution in [0.2, 0.25) is 0 Å². The molecule has 1 spiro atoms. The molecule has 0 radical (unpaired) electrons. The van der Waals surface area contributed by atoms with E-state index in [9.17, 15) is 49.2 Å². The molecule has 17 heteroatoms. The van der Waals surface area contributed by atoms with Gasteiger partial charge >= 0.3 is 5.97 Å². The van der Waals surface area contributed by atoms with Crippen LogP contribution in [-0.2, 0) is 44.7 Å². The van der Waals surface area contributed by atoms with Crippen molar-refractivity contribution in [1.82, 2.24) is 26.4 Å². The number of fused-ring (bicyclic) bond motifs is 2. The summed E-state index contributed by atoms with van der Waals surface area (Å²) >= 11 is 0. The molecule has 3 fully saturated rings. The maximum atomic E-state index is 14.5. The van der Waals surface area contributed by atoms with Crippen molar-refractivity contribution in [3.8, 4) is 0 Å². The Balaban J connectivity index is 1.34. The van der Waals surface area contributed by atoms with Crippen LogP contribution in [0.3, 0.4) is 0 Å². The molecular weight excluding hydrogens is 983 g/mol. The van der Waals surface area contributed by atoms with Crippen molar-refractivity contribution < 1.29 is 58.7 Å². The van der Waals surface area contributed by atoms with Gasteiger partial charge in [0.25, 0.3) is 5.91 Å². The molecule has 3 saturated heterocycles. The number of nitrogens with zero attached hydrogens (tertiary/aromatic N) is 1. The number of rotatable bonds is 15. The van der Waals surface area contributed by atoms with Crippen molar-refractivity contribution in [2.24, 2.45) is 47.3 Å². The zero-order valence-electron chi connectivity index (χ0n) is 47.2. The highest BCUT2D eigenvalue weighted by atomic mass is 16.5. The average Bonchev–Trinajstić information content (AvgIpc) is 3.40. The van der Waals surface area contributed by atoms with Crippen LogP contribution in [0.15, 0.2) is 78.4 Å². The molecule has 1 aromatic rings. The largest absolute Gasteiger partial charge is 0.456 e. The van der Waals surface area contributed by atoms with E-state index in [1.54, 1.807) is 39.0 Å². The molecule has 0 saturated carbocycles. The van der Waals surface area contributed by atoms with Crippen LogP contribution in [-0.4, -0.2) is 128 Å². The van der Waals surface area contributed by atoms with Crippen LogP contribution < -0.4 is 21.4 Å². The lowest BCUT2D eigenvalue weighted by molar-refractivity contribution is -0.267. The number of ketones is 1. The second kappa shape index (κ2) is 29.3. The number of aliphatic hydroxyl groups is 4. The van der Waals surface area contributed by atoms with Crippen molar-refractivity contribution in [2.45, 2.75) is 200 Å². The molecular formula is C60H91N5O12. The Morgan fingerprint density at radius 3 is 2.31 bits per heavy atom. The number of nitrogens with one attached hydrogen (secondary N) is 4. The first-order valence-corrected chi connectivity index (χ1v) is 28.3. The highest BCUT2D eigenvalue weighted by molar-refractivity contribution is 5.93. The molecule has 17 unspecified atom stereocenters. The standard InChI is InChI=1S/C60H91N5O12/c1-11-44-32-38(6)60(63-55(44)71)42(10)53(69)41(9)51(77-60)34-49(68)36(4)22-15-12-16-23-37(5)50-28-20-14-19-27-48(67)40(8)54(70)45(30-29-39(7)66)56(72)62-52(35(2)3)57(73)61-47(33-43-24-17-13-18-25-43)58(74)65-31-21-26-46(64-65)59(75)76-50/h12-14,16-20,23-25,27,35-36,38,40-42,44-54,64,67-70H,11,15,21-22,26,28-34H2,1-10H3,(H,61,73)(H,62,72)(H,63,71). The number of esters is 1. The molecule has 2 bridgehead atoms. The van der Waals surface area contributed by atoms with Crippen molar-refractivity contribution in [1.29, 1.82) is 0 Å². The summed E-state index contributed by atoms with van der Waals surface area (Å²) in [6.45, 7) is 18.5. The van der Waals surface area contributed by atoms with Crippen LogP contribution in [0.5, 0.6) is 0 Å². The number of carbonyl (C=O) groups excluding carboxylic acids is 6. The van der Waals surface area contributed by atoms with Crippen LogP contribution in [0.1, 0.15) is 139 Å². The van der Waals surface area contributed by atoms with Crippen molar-refractivity contribution >= 4 is 35.4 Å². The Labute approximate surface area is 457 Å². The van der Waals surface area contributed by atoms with E-state index >= 15 is 0 Å². The number of aliphatic hydroxyl groups excluding tert-OH is 4. The van der Waals surface area contributed by atoms with Gasteiger partial charge in [-0.05, 0) is 81.8 Å². The number of cyclic esters (lactones) is 1. The smallest absolute Gasteiger partial charge is 0.325 e. The van der Waals surface area contributed by atoms with Crippen molar-refractivity contribution in [2.75, 3.05) is 6.54 Å². The van der Waals surface area contributed by atoms with Gasteiger partial charge in [-0.15, -0.1) is 0 Å². The third-order valence-electron chi connectivity index (χ3n) is 16.8. The zero-order valence-corrected chi connectivity index (χ0v) is 47.2. The van der Waals surface area contributed by atoms with Crippen LogP contribution in [0, 0.1) is 47.3 Å². The van der Waals surface area contributed by atoms with E-state index in [4.69, 9.17) is 9.47 Å². The van der Waals surface area contributed by atoms with Gasteiger partial charge in [0.05, 0.1) is 36.4 Å². The fraction of sp³-hybridized carbons (Fsp3) is 0.667. The molecule has 4 aliphatic heterocycles. The van der Waals surface area contributed by atoms with Gasteiger partial charge < -0.3 is 50.6 Å². The minimum atomic E-state index is -1.41. The number of hydrogen-bond donors (Lipinski definition) is 8. The molecule has 4 amide bonds. The first-order valence-electron chi connectivity index (χ1n) is 28.3. The Morgan fingerprint density at radius 1 is 0.922 bits per heavy atom. The maximum absolute atomic E-state index is 14.5. The summed E-state index contributed by atoms with van der Waals surface area (Å²) in [6.07, 6.45) is 11.2. The van der Waals surface area contributed by atoms with E-state index in [0.29, 0.717) is 38.5 Å². The summed E-state index contributed by atoms with van der Waals surface area (Å²) in [5.74, 6) is -5.92. The normalized spacial score (nSPS) is 34.4. The minimum Gasteiger partial charge on any atom is -0.456 e. The number of ether oxygens (including phenoxy) is 2. The maximum Gasteiger partial charge on any atom is 0.325 e. The monoisotopic (exact) mass is 1070 g/mol. The van der Waals surface area contributed by atoms with Crippen molar-refractivity contribution in [3.05, 3.63) is 84.0 Å². The van der Waals surface area contributed by atoms with Crippen LogP contribution in [0.4, 0.5) is 0 Å². The van der Waals surface area contributed by atoms with Gasteiger partial charge in [0.2, 0.25) is 17.7 Å². The fourth-order valence-electron chi connectivity index (χ4n) is 11.3. The number of hydrazine groups is 1. The molecule has 4 heterocycles. The molecule has 0 aliphatic carbocycles. The van der Waals surface area contributed by atoms with Gasteiger partial charge in [0.1, 0.15) is 35.7 Å². The lowest BCUT2D eigenvalue weighted by Gasteiger charge is -2.56. The van der Waals surface area contributed by atoms with E-state index in [2.05, 4.69) is 28.3 Å². The second-order valence-electron chi connectivity index (χ2n) is 23.0. The van der Waals surface area contributed by atoms with E-state index in [1.165, 1.54) is 18.0 Å². The Kier molecular flexibility index (Phi) is 23.9. The van der Waals surface area contributed by atoms with E-state index in [-0.39, 0.29) is 73.5 Å². The lowest BCUT2D eigenvalue weighted by atomic mass is 9.69. The number of carbonyl (C=O) groups is 6. The number of Topliss-reactive ketones (excluding diaryl/α,β-unsaturated/α-hetero) is 1. The topological polar surface area (TPSA) is 253 Å². The average molecular weight is 1070 g/mol. The Bertz CT molecular complexity index is 2270. The predicted molar refractivity (Wildman–Crippen MR) is 294 cm³/mol. The molecule has 0 aromatic heterocycles. The summed E-state index contributed by atoms with van der Waals surface area (Å²) in [6, 6.07) is 6.01. The number of amides is 4. The third-order valence-corrected chi connectivity index (χ3v) is 16.8. The predicted octanol–water partition coefficient (Wildman–Crippen LogP) is 5.70. The van der Waals surface area contributed by atoms with E-state index in [0.717, 1.165) is 17.6 Å².